The third-order valence-electron chi connectivity index (χ3n) is 4.98. The highest BCUT2D eigenvalue weighted by Gasteiger charge is 2.30. The van der Waals surface area contributed by atoms with E-state index in [2.05, 4.69) is 33.3 Å². The van der Waals surface area contributed by atoms with E-state index >= 15 is 0 Å². The molecule has 3 heteroatoms. The van der Waals surface area contributed by atoms with E-state index in [0.717, 1.165) is 25.7 Å². The molecule has 2 fully saturated rings. The zero-order valence-electron chi connectivity index (χ0n) is 11.6. The topological polar surface area (TPSA) is 18.5 Å². The summed E-state index contributed by atoms with van der Waals surface area (Å²) < 4.78 is 0. The van der Waals surface area contributed by atoms with Gasteiger partial charge in [0.25, 0.3) is 0 Å². The van der Waals surface area contributed by atoms with Gasteiger partial charge in [-0.2, -0.15) is 0 Å². The van der Waals surface area contributed by atoms with E-state index in [4.69, 9.17) is 0 Å². The molecule has 19 heavy (non-hydrogen) atoms. The highest BCUT2D eigenvalue weighted by molar-refractivity contribution is 5.34. The second-order valence-corrected chi connectivity index (χ2v) is 6.27. The summed E-state index contributed by atoms with van der Waals surface area (Å²) in [5.74, 6) is 0. The molecular weight excluding hydrogens is 234 g/mol. The smallest absolute Gasteiger partial charge is 0.0235 e. The van der Waals surface area contributed by atoms with Crippen molar-refractivity contribution in [2.45, 2.75) is 38.5 Å². The fourth-order valence-corrected chi connectivity index (χ4v) is 3.90. The number of nitrogens with one attached hydrogen (secondary N) is 1. The maximum absolute atomic E-state index is 3.43. The van der Waals surface area contributed by atoms with Crippen LogP contribution in [0.1, 0.15) is 29.5 Å². The molecule has 3 heterocycles. The molecule has 0 spiro atoms. The molecule has 1 unspecified atom stereocenters. The molecule has 3 nitrogen and oxygen atoms in total. The SMILES string of the molecule is c1cc2c(cc1CN1CCN3CCCC3C1)CNC2. The minimum atomic E-state index is 0.838. The minimum Gasteiger partial charge on any atom is -0.309 e. The lowest BCUT2D eigenvalue weighted by molar-refractivity contribution is 0.0993. The predicted octanol–water partition coefficient (Wildman–Crippen LogP) is 1.57. The lowest BCUT2D eigenvalue weighted by Crippen LogP contribution is -2.49. The summed E-state index contributed by atoms with van der Waals surface area (Å²) in [5.41, 5.74) is 4.50. The zero-order valence-corrected chi connectivity index (χ0v) is 11.6. The number of hydrogen-bond donors (Lipinski definition) is 1. The Kier molecular flexibility index (Phi) is 3.06. The summed E-state index contributed by atoms with van der Waals surface area (Å²) >= 11 is 0. The molecule has 2 saturated heterocycles. The average molecular weight is 257 g/mol. The molecular formula is C16H23N3. The summed E-state index contributed by atoms with van der Waals surface area (Å²) in [5, 5.41) is 3.43. The lowest BCUT2D eigenvalue weighted by Gasteiger charge is -2.37. The molecule has 4 rings (SSSR count). The summed E-state index contributed by atoms with van der Waals surface area (Å²) in [7, 11) is 0. The van der Waals surface area contributed by atoms with Gasteiger partial charge in [-0.15, -0.1) is 0 Å². The number of nitrogens with zero attached hydrogens (tertiary/aromatic N) is 2. The summed E-state index contributed by atoms with van der Waals surface area (Å²) in [6.07, 6.45) is 2.81. The highest BCUT2D eigenvalue weighted by Crippen LogP contribution is 2.23. The fourth-order valence-electron chi connectivity index (χ4n) is 3.90. The summed E-state index contributed by atoms with van der Waals surface area (Å²) in [6.45, 7) is 8.37. The molecule has 1 atom stereocenters. The minimum absolute atomic E-state index is 0.838. The van der Waals surface area contributed by atoms with Crippen LogP contribution in [0, 0.1) is 0 Å². The van der Waals surface area contributed by atoms with Crippen LogP contribution < -0.4 is 5.32 Å². The van der Waals surface area contributed by atoms with Gasteiger partial charge in [-0.25, -0.2) is 0 Å². The van der Waals surface area contributed by atoms with Crippen LogP contribution >= 0.6 is 0 Å². The van der Waals surface area contributed by atoms with Crippen molar-refractivity contribution in [3.63, 3.8) is 0 Å². The van der Waals surface area contributed by atoms with Gasteiger partial charge in [0.05, 0.1) is 0 Å². The second kappa shape index (κ2) is 4.89. The molecule has 0 aliphatic carbocycles. The first kappa shape index (κ1) is 11.9. The van der Waals surface area contributed by atoms with Crippen LogP contribution in [0.3, 0.4) is 0 Å². The van der Waals surface area contributed by atoms with Gasteiger partial charge < -0.3 is 5.32 Å². The van der Waals surface area contributed by atoms with Crippen molar-refractivity contribution in [3.8, 4) is 0 Å². The Balaban J connectivity index is 1.44. The second-order valence-electron chi connectivity index (χ2n) is 6.27. The van der Waals surface area contributed by atoms with Crippen LogP contribution in [-0.4, -0.2) is 42.0 Å². The third kappa shape index (κ3) is 2.31. The third-order valence-corrected chi connectivity index (χ3v) is 4.98. The molecule has 0 saturated carbocycles. The molecule has 102 valence electrons. The van der Waals surface area contributed by atoms with Gasteiger partial charge in [-0.1, -0.05) is 18.2 Å². The molecule has 1 N–H and O–H groups in total. The fraction of sp³-hybridized carbons (Fsp3) is 0.625. The Morgan fingerprint density at radius 3 is 3.05 bits per heavy atom. The van der Waals surface area contributed by atoms with Gasteiger partial charge in [-0.05, 0) is 36.1 Å². The molecule has 3 aliphatic rings. The van der Waals surface area contributed by atoms with E-state index in [1.165, 1.54) is 55.7 Å². The first-order valence-electron chi connectivity index (χ1n) is 7.66. The average Bonchev–Trinajstić information content (AvgIpc) is 3.05. The van der Waals surface area contributed by atoms with Crippen molar-refractivity contribution in [2.75, 3.05) is 26.2 Å². The number of benzene rings is 1. The van der Waals surface area contributed by atoms with E-state index < -0.39 is 0 Å². The van der Waals surface area contributed by atoms with Crippen molar-refractivity contribution in [2.24, 2.45) is 0 Å². The van der Waals surface area contributed by atoms with Crippen LogP contribution in [0.2, 0.25) is 0 Å². The van der Waals surface area contributed by atoms with Gasteiger partial charge in [0.2, 0.25) is 0 Å². The monoisotopic (exact) mass is 257 g/mol. The van der Waals surface area contributed by atoms with Crippen LogP contribution in [0.4, 0.5) is 0 Å². The Morgan fingerprint density at radius 2 is 2.05 bits per heavy atom. The maximum Gasteiger partial charge on any atom is 0.0235 e. The summed E-state index contributed by atoms with van der Waals surface area (Å²) in [4.78, 5) is 5.33. The Bertz CT molecular complexity index is 471. The number of fused-ring (bicyclic) bond motifs is 2. The number of hydrogen-bond acceptors (Lipinski definition) is 3. The van der Waals surface area contributed by atoms with Crippen molar-refractivity contribution in [3.05, 3.63) is 34.9 Å². The first-order chi connectivity index (χ1) is 9.38. The van der Waals surface area contributed by atoms with E-state index in [1.54, 1.807) is 0 Å². The van der Waals surface area contributed by atoms with E-state index in [0.29, 0.717) is 0 Å². The van der Waals surface area contributed by atoms with Gasteiger partial charge in [-0.3, -0.25) is 9.80 Å². The van der Waals surface area contributed by atoms with Gasteiger partial charge in [0, 0.05) is 45.3 Å². The zero-order chi connectivity index (χ0) is 12.7. The quantitative estimate of drug-likeness (QED) is 0.867. The molecule has 0 bridgehead atoms. The summed E-state index contributed by atoms with van der Waals surface area (Å²) in [6, 6.07) is 7.89. The normalized spacial score (nSPS) is 27.5. The standard InChI is InChI=1S/C16H23N3/c1-2-16-12-18(6-7-19(16)5-1)11-13-3-4-14-9-17-10-15(14)8-13/h3-4,8,16-17H,1-2,5-7,9-12H2. The molecule has 0 aromatic heterocycles. The highest BCUT2D eigenvalue weighted by atomic mass is 15.3. The number of rotatable bonds is 2. The van der Waals surface area contributed by atoms with Crippen LogP contribution in [0.5, 0.6) is 0 Å². The van der Waals surface area contributed by atoms with E-state index in [1.807, 2.05) is 0 Å². The van der Waals surface area contributed by atoms with Crippen molar-refractivity contribution < 1.29 is 0 Å². The predicted molar refractivity (Wildman–Crippen MR) is 76.9 cm³/mol. The Labute approximate surface area is 115 Å². The Hall–Kier alpha value is -0.900. The molecule has 3 aliphatic heterocycles. The van der Waals surface area contributed by atoms with Crippen molar-refractivity contribution in [1.29, 1.82) is 0 Å². The molecule has 0 radical (unpaired) electrons. The van der Waals surface area contributed by atoms with Gasteiger partial charge >= 0.3 is 0 Å². The molecule has 1 aromatic rings. The van der Waals surface area contributed by atoms with E-state index in [9.17, 15) is 0 Å². The van der Waals surface area contributed by atoms with Crippen molar-refractivity contribution >= 4 is 0 Å². The number of piperazine rings is 1. The van der Waals surface area contributed by atoms with Crippen LogP contribution in [-0.2, 0) is 19.6 Å². The van der Waals surface area contributed by atoms with E-state index in [-0.39, 0.29) is 0 Å². The van der Waals surface area contributed by atoms with Crippen molar-refractivity contribution in [1.82, 2.24) is 15.1 Å². The lowest BCUT2D eigenvalue weighted by atomic mass is 10.1. The maximum atomic E-state index is 3.43. The molecule has 1 aromatic carbocycles. The first-order valence-corrected chi connectivity index (χ1v) is 7.66. The van der Waals surface area contributed by atoms with Crippen LogP contribution in [0.25, 0.3) is 0 Å². The Morgan fingerprint density at radius 1 is 1.11 bits per heavy atom. The largest absolute Gasteiger partial charge is 0.309 e. The van der Waals surface area contributed by atoms with Crippen LogP contribution in [0.15, 0.2) is 18.2 Å². The van der Waals surface area contributed by atoms with Gasteiger partial charge in [0.1, 0.15) is 0 Å². The molecule has 0 amide bonds. The van der Waals surface area contributed by atoms with Gasteiger partial charge in [0.15, 0.2) is 0 Å².